The van der Waals surface area contributed by atoms with Gasteiger partial charge in [0.2, 0.25) is 0 Å². The molecular weight excluding hydrogens is 250 g/mol. The third kappa shape index (κ3) is 4.30. The molecule has 1 N–H and O–H groups in total. The van der Waals surface area contributed by atoms with E-state index in [0.29, 0.717) is 13.2 Å². The molecule has 1 aromatic rings. The molecule has 0 saturated heterocycles. The van der Waals surface area contributed by atoms with E-state index in [2.05, 4.69) is 45.1 Å². The van der Waals surface area contributed by atoms with Crippen LogP contribution < -0.4 is 5.32 Å². The number of benzene rings is 1. The summed E-state index contributed by atoms with van der Waals surface area (Å²) in [5, 5.41) is 3.51. The summed E-state index contributed by atoms with van der Waals surface area (Å²) in [5.74, 6) is 0. The predicted octanol–water partition coefficient (Wildman–Crippen LogP) is 3.66. The molecule has 0 fully saturated rings. The Hall–Kier alpha value is -0.900. The van der Waals surface area contributed by atoms with Gasteiger partial charge in [-0.15, -0.1) is 0 Å². The summed E-state index contributed by atoms with van der Waals surface area (Å²) in [4.78, 5) is 0. The molecule has 0 aromatic heterocycles. The Balaban J connectivity index is 3.13. The van der Waals surface area contributed by atoms with E-state index >= 15 is 0 Å². The van der Waals surface area contributed by atoms with Crippen molar-refractivity contribution < 1.29 is 9.47 Å². The fourth-order valence-corrected chi connectivity index (χ4v) is 2.46. The lowest BCUT2D eigenvalue weighted by Gasteiger charge is -2.29. The number of nitrogens with one attached hydrogen (secondary N) is 1. The van der Waals surface area contributed by atoms with Gasteiger partial charge in [-0.05, 0) is 63.4 Å². The SMILES string of the molecule is CCNC(c1cc(C)c(C)cc1C)C(OCC)OCC. The molecule has 0 radical (unpaired) electrons. The van der Waals surface area contributed by atoms with Gasteiger partial charge in [0.15, 0.2) is 6.29 Å². The van der Waals surface area contributed by atoms with Gasteiger partial charge in [-0.1, -0.05) is 19.1 Å². The molecule has 0 heterocycles. The molecule has 0 saturated carbocycles. The van der Waals surface area contributed by atoms with Crippen LogP contribution in [0.2, 0.25) is 0 Å². The zero-order chi connectivity index (χ0) is 15.1. The summed E-state index contributed by atoms with van der Waals surface area (Å²) >= 11 is 0. The second-order valence-corrected chi connectivity index (χ2v) is 5.11. The van der Waals surface area contributed by atoms with Crippen LogP contribution in [0.1, 0.15) is 49.1 Å². The first-order chi connectivity index (χ1) is 9.54. The molecule has 0 aliphatic heterocycles. The Morgan fingerprint density at radius 2 is 1.45 bits per heavy atom. The standard InChI is InChI=1S/C17H29NO2/c1-7-18-16(17(19-8-2)20-9-3)15-11-13(5)12(4)10-14(15)6/h10-11,16-18H,7-9H2,1-6H3. The highest BCUT2D eigenvalue weighted by Gasteiger charge is 2.25. The number of hydrogen-bond donors (Lipinski definition) is 1. The van der Waals surface area contributed by atoms with E-state index in [9.17, 15) is 0 Å². The van der Waals surface area contributed by atoms with Gasteiger partial charge in [-0.3, -0.25) is 0 Å². The van der Waals surface area contributed by atoms with Crippen LogP contribution in [0, 0.1) is 20.8 Å². The van der Waals surface area contributed by atoms with Crippen LogP contribution in [0.15, 0.2) is 12.1 Å². The van der Waals surface area contributed by atoms with E-state index < -0.39 is 0 Å². The first kappa shape index (κ1) is 17.2. The van der Waals surface area contributed by atoms with Crippen LogP contribution in [0.25, 0.3) is 0 Å². The van der Waals surface area contributed by atoms with Crippen LogP contribution >= 0.6 is 0 Å². The average molecular weight is 279 g/mol. The molecule has 114 valence electrons. The van der Waals surface area contributed by atoms with E-state index in [0.717, 1.165) is 6.54 Å². The van der Waals surface area contributed by atoms with Gasteiger partial charge in [0.25, 0.3) is 0 Å². The molecule has 3 heteroatoms. The van der Waals surface area contributed by atoms with Gasteiger partial charge in [-0.2, -0.15) is 0 Å². The maximum absolute atomic E-state index is 5.79. The van der Waals surface area contributed by atoms with Crippen LogP contribution in [0.5, 0.6) is 0 Å². The predicted molar refractivity (Wildman–Crippen MR) is 84.1 cm³/mol. The van der Waals surface area contributed by atoms with E-state index in [1.807, 2.05) is 13.8 Å². The van der Waals surface area contributed by atoms with Crippen molar-refractivity contribution >= 4 is 0 Å². The third-order valence-electron chi connectivity index (χ3n) is 3.58. The number of rotatable bonds is 8. The molecule has 0 bridgehead atoms. The molecule has 1 aromatic carbocycles. The van der Waals surface area contributed by atoms with E-state index in [1.54, 1.807) is 0 Å². The van der Waals surface area contributed by atoms with Crippen molar-refractivity contribution in [3.05, 3.63) is 34.4 Å². The van der Waals surface area contributed by atoms with Crippen molar-refractivity contribution in [1.82, 2.24) is 5.32 Å². The lowest BCUT2D eigenvalue weighted by Crippen LogP contribution is -2.36. The molecule has 3 nitrogen and oxygen atoms in total. The zero-order valence-corrected chi connectivity index (χ0v) is 13.7. The first-order valence-corrected chi connectivity index (χ1v) is 7.59. The fraction of sp³-hybridized carbons (Fsp3) is 0.647. The summed E-state index contributed by atoms with van der Waals surface area (Å²) in [6.45, 7) is 14.7. The van der Waals surface area contributed by atoms with Crippen LogP contribution in [0.3, 0.4) is 0 Å². The quantitative estimate of drug-likeness (QED) is 0.737. The van der Waals surface area contributed by atoms with E-state index in [-0.39, 0.29) is 12.3 Å². The minimum atomic E-state index is -0.245. The molecule has 20 heavy (non-hydrogen) atoms. The Labute approximate surface area is 123 Å². The second kappa shape index (κ2) is 8.40. The molecule has 0 aliphatic carbocycles. The molecule has 0 amide bonds. The van der Waals surface area contributed by atoms with Crippen LogP contribution in [-0.2, 0) is 9.47 Å². The Morgan fingerprint density at radius 3 is 1.95 bits per heavy atom. The number of aryl methyl sites for hydroxylation is 3. The van der Waals surface area contributed by atoms with Gasteiger partial charge < -0.3 is 14.8 Å². The van der Waals surface area contributed by atoms with Gasteiger partial charge in [0.05, 0.1) is 6.04 Å². The summed E-state index contributed by atoms with van der Waals surface area (Å²) < 4.78 is 11.6. The van der Waals surface area contributed by atoms with Crippen LogP contribution in [-0.4, -0.2) is 26.0 Å². The largest absolute Gasteiger partial charge is 0.351 e. The highest BCUT2D eigenvalue weighted by molar-refractivity contribution is 5.38. The van der Waals surface area contributed by atoms with Crippen molar-refractivity contribution in [2.45, 2.75) is 53.9 Å². The Kier molecular flexibility index (Phi) is 7.20. The maximum Gasteiger partial charge on any atom is 0.176 e. The minimum absolute atomic E-state index is 0.0687. The lowest BCUT2D eigenvalue weighted by atomic mass is 9.95. The van der Waals surface area contributed by atoms with Crippen molar-refractivity contribution in [2.75, 3.05) is 19.8 Å². The number of hydrogen-bond acceptors (Lipinski definition) is 3. The number of ether oxygens (including phenoxy) is 2. The van der Waals surface area contributed by atoms with Gasteiger partial charge >= 0.3 is 0 Å². The lowest BCUT2D eigenvalue weighted by molar-refractivity contribution is -0.155. The maximum atomic E-state index is 5.79. The molecule has 1 rings (SSSR count). The summed E-state index contributed by atoms with van der Waals surface area (Å²) in [6.07, 6.45) is -0.245. The topological polar surface area (TPSA) is 30.5 Å². The van der Waals surface area contributed by atoms with Crippen molar-refractivity contribution in [3.63, 3.8) is 0 Å². The Morgan fingerprint density at radius 1 is 0.900 bits per heavy atom. The summed E-state index contributed by atoms with van der Waals surface area (Å²) in [6, 6.07) is 4.56. The normalized spacial score (nSPS) is 12.9. The zero-order valence-electron chi connectivity index (χ0n) is 13.7. The monoisotopic (exact) mass is 279 g/mol. The fourth-order valence-electron chi connectivity index (χ4n) is 2.46. The summed E-state index contributed by atoms with van der Waals surface area (Å²) in [5.41, 5.74) is 5.18. The van der Waals surface area contributed by atoms with Crippen molar-refractivity contribution in [1.29, 1.82) is 0 Å². The van der Waals surface area contributed by atoms with Crippen LogP contribution in [0.4, 0.5) is 0 Å². The van der Waals surface area contributed by atoms with Crippen molar-refractivity contribution in [3.8, 4) is 0 Å². The third-order valence-corrected chi connectivity index (χ3v) is 3.58. The van der Waals surface area contributed by atoms with Gasteiger partial charge in [0, 0.05) is 13.2 Å². The smallest absolute Gasteiger partial charge is 0.176 e. The van der Waals surface area contributed by atoms with E-state index in [4.69, 9.17) is 9.47 Å². The van der Waals surface area contributed by atoms with E-state index in [1.165, 1.54) is 22.3 Å². The number of likely N-dealkylation sites (N-methyl/N-ethyl adjacent to an activating group) is 1. The Bertz CT molecular complexity index is 412. The summed E-state index contributed by atoms with van der Waals surface area (Å²) in [7, 11) is 0. The molecule has 0 spiro atoms. The minimum Gasteiger partial charge on any atom is -0.351 e. The molecular formula is C17H29NO2. The second-order valence-electron chi connectivity index (χ2n) is 5.11. The van der Waals surface area contributed by atoms with Crippen molar-refractivity contribution in [2.24, 2.45) is 0 Å². The highest BCUT2D eigenvalue weighted by Crippen LogP contribution is 2.26. The van der Waals surface area contributed by atoms with Gasteiger partial charge in [-0.25, -0.2) is 0 Å². The molecule has 0 aliphatic rings. The highest BCUT2D eigenvalue weighted by atomic mass is 16.7. The molecule has 1 atom stereocenters. The molecule has 1 unspecified atom stereocenters. The average Bonchev–Trinajstić information content (AvgIpc) is 2.40. The van der Waals surface area contributed by atoms with Gasteiger partial charge in [0.1, 0.15) is 0 Å². The first-order valence-electron chi connectivity index (χ1n) is 7.59.